The number of benzene rings is 1. The third kappa shape index (κ3) is 3.43. The van der Waals surface area contributed by atoms with Gasteiger partial charge in [-0.25, -0.2) is 4.68 Å². The van der Waals surface area contributed by atoms with Crippen LogP contribution in [0.3, 0.4) is 0 Å². The molecule has 1 aliphatic rings. The number of rotatable bonds is 4. The van der Waals surface area contributed by atoms with Crippen LogP contribution in [0.25, 0.3) is 5.69 Å². The number of carbonyl (C=O) groups is 1. The number of carbonyl (C=O) groups excluding carboxylic acids is 1. The molecule has 0 saturated carbocycles. The fraction of sp³-hybridized carbons (Fsp3) is 0.412. The molecule has 1 saturated heterocycles. The van der Waals surface area contributed by atoms with E-state index in [4.69, 9.17) is 4.74 Å². The maximum absolute atomic E-state index is 12.7. The summed E-state index contributed by atoms with van der Waals surface area (Å²) in [4.78, 5) is 14.9. The first kappa shape index (κ1) is 15.7. The zero-order valence-corrected chi connectivity index (χ0v) is 13.5. The van der Waals surface area contributed by atoms with Crippen molar-refractivity contribution in [1.82, 2.24) is 14.7 Å². The Balaban J connectivity index is 1.73. The van der Waals surface area contributed by atoms with Gasteiger partial charge in [-0.15, -0.1) is 0 Å². The second-order valence-electron chi connectivity index (χ2n) is 6.11. The first-order valence-electron chi connectivity index (χ1n) is 7.82. The van der Waals surface area contributed by atoms with Crippen molar-refractivity contribution >= 4 is 11.6 Å². The minimum absolute atomic E-state index is 0.0167. The molecule has 0 unspecified atom stereocenters. The Morgan fingerprint density at radius 1 is 1.26 bits per heavy atom. The lowest BCUT2D eigenvalue weighted by Gasteiger charge is -2.39. The monoisotopic (exact) mass is 314 g/mol. The van der Waals surface area contributed by atoms with E-state index in [9.17, 15) is 4.79 Å². The molecule has 1 fully saturated rings. The molecule has 1 N–H and O–H groups in total. The summed E-state index contributed by atoms with van der Waals surface area (Å²) in [6, 6.07) is 9.54. The highest BCUT2D eigenvalue weighted by molar-refractivity contribution is 5.97. The molecule has 122 valence electrons. The van der Waals surface area contributed by atoms with Crippen molar-refractivity contribution < 1.29 is 9.53 Å². The summed E-state index contributed by atoms with van der Waals surface area (Å²) in [6.07, 6.45) is 3.60. The van der Waals surface area contributed by atoms with Crippen molar-refractivity contribution in [3.8, 4) is 5.69 Å². The number of hydrogen-bond acceptors (Lipinski definition) is 4. The van der Waals surface area contributed by atoms with Gasteiger partial charge in [-0.05, 0) is 38.1 Å². The van der Waals surface area contributed by atoms with E-state index in [1.54, 1.807) is 10.9 Å². The molecule has 2 aromatic rings. The number of ether oxygens (including phenoxy) is 1. The smallest absolute Gasteiger partial charge is 0.244 e. The molecule has 1 amide bonds. The molecule has 0 spiro atoms. The van der Waals surface area contributed by atoms with Crippen LogP contribution in [0.15, 0.2) is 42.7 Å². The van der Waals surface area contributed by atoms with E-state index in [0.717, 1.165) is 24.5 Å². The van der Waals surface area contributed by atoms with Gasteiger partial charge in [0.25, 0.3) is 0 Å². The van der Waals surface area contributed by atoms with Crippen LogP contribution in [0.5, 0.6) is 0 Å². The van der Waals surface area contributed by atoms with Gasteiger partial charge >= 0.3 is 0 Å². The Hall–Kier alpha value is -2.18. The Morgan fingerprint density at radius 2 is 2.04 bits per heavy atom. The molecule has 1 aliphatic heterocycles. The third-order valence-corrected chi connectivity index (χ3v) is 4.23. The summed E-state index contributed by atoms with van der Waals surface area (Å²) in [5.41, 5.74) is 1.10. The largest absolute Gasteiger partial charge is 0.379 e. The van der Waals surface area contributed by atoms with Gasteiger partial charge in [-0.3, -0.25) is 9.69 Å². The normalized spacial score (nSPS) is 16.3. The lowest BCUT2D eigenvalue weighted by molar-refractivity contribution is -0.129. The highest BCUT2D eigenvalue weighted by Crippen LogP contribution is 2.20. The predicted molar refractivity (Wildman–Crippen MR) is 88.7 cm³/mol. The summed E-state index contributed by atoms with van der Waals surface area (Å²) in [5, 5.41) is 7.23. The lowest BCUT2D eigenvalue weighted by atomic mass is 10.0. The van der Waals surface area contributed by atoms with Crippen molar-refractivity contribution in [3.05, 3.63) is 42.7 Å². The first-order valence-corrected chi connectivity index (χ1v) is 7.82. The van der Waals surface area contributed by atoms with Crippen LogP contribution in [0.2, 0.25) is 0 Å². The van der Waals surface area contributed by atoms with E-state index in [1.165, 1.54) is 0 Å². The zero-order valence-electron chi connectivity index (χ0n) is 13.5. The number of morpholine rings is 1. The molecule has 1 aromatic heterocycles. The molecule has 23 heavy (non-hydrogen) atoms. The average Bonchev–Trinajstić information content (AvgIpc) is 3.10. The SMILES string of the molecule is CC(C)(C(=O)Nc1cccc(-n2cccn2)c1)N1CCOCC1. The number of nitrogens with zero attached hydrogens (tertiary/aromatic N) is 3. The zero-order chi connectivity index (χ0) is 16.3. The average molecular weight is 314 g/mol. The Labute approximate surface area is 136 Å². The molecule has 0 atom stereocenters. The minimum atomic E-state index is -0.578. The van der Waals surface area contributed by atoms with Crippen LogP contribution in [0, 0.1) is 0 Å². The van der Waals surface area contributed by atoms with Crippen molar-refractivity contribution in [2.75, 3.05) is 31.6 Å². The number of anilines is 1. The van der Waals surface area contributed by atoms with Gasteiger partial charge in [0.05, 0.1) is 24.4 Å². The number of hydrogen-bond donors (Lipinski definition) is 1. The van der Waals surface area contributed by atoms with E-state index < -0.39 is 5.54 Å². The van der Waals surface area contributed by atoms with E-state index in [2.05, 4.69) is 15.3 Å². The van der Waals surface area contributed by atoms with Gasteiger partial charge < -0.3 is 10.1 Å². The third-order valence-electron chi connectivity index (χ3n) is 4.23. The lowest BCUT2D eigenvalue weighted by Crippen LogP contribution is -2.56. The summed E-state index contributed by atoms with van der Waals surface area (Å²) >= 11 is 0. The predicted octanol–water partition coefficient (Wildman–Crippen LogP) is 1.92. The molecular weight excluding hydrogens is 292 g/mol. The van der Waals surface area contributed by atoms with Crippen LogP contribution in [-0.4, -0.2) is 52.4 Å². The molecule has 0 radical (unpaired) electrons. The fourth-order valence-corrected chi connectivity index (χ4v) is 2.70. The van der Waals surface area contributed by atoms with Gasteiger partial charge in [0.1, 0.15) is 0 Å². The summed E-state index contributed by atoms with van der Waals surface area (Å²) < 4.78 is 7.13. The molecular formula is C17H22N4O2. The minimum Gasteiger partial charge on any atom is -0.379 e. The molecule has 6 heteroatoms. The van der Waals surface area contributed by atoms with Crippen molar-refractivity contribution in [2.45, 2.75) is 19.4 Å². The fourth-order valence-electron chi connectivity index (χ4n) is 2.70. The Morgan fingerprint density at radius 3 is 2.74 bits per heavy atom. The van der Waals surface area contributed by atoms with Crippen LogP contribution in [0.4, 0.5) is 5.69 Å². The molecule has 6 nitrogen and oxygen atoms in total. The van der Waals surface area contributed by atoms with Crippen molar-refractivity contribution in [2.24, 2.45) is 0 Å². The highest BCUT2D eigenvalue weighted by Gasteiger charge is 2.35. The van der Waals surface area contributed by atoms with Crippen LogP contribution >= 0.6 is 0 Å². The van der Waals surface area contributed by atoms with Gasteiger partial charge in [0, 0.05) is 31.2 Å². The highest BCUT2D eigenvalue weighted by atomic mass is 16.5. The first-order chi connectivity index (χ1) is 11.1. The van der Waals surface area contributed by atoms with E-state index in [-0.39, 0.29) is 5.91 Å². The molecule has 1 aromatic carbocycles. The van der Waals surface area contributed by atoms with Gasteiger partial charge in [0.2, 0.25) is 5.91 Å². The van der Waals surface area contributed by atoms with E-state index in [1.807, 2.05) is 50.4 Å². The number of nitrogens with one attached hydrogen (secondary N) is 1. The number of amides is 1. The van der Waals surface area contributed by atoms with Crippen LogP contribution in [-0.2, 0) is 9.53 Å². The topological polar surface area (TPSA) is 59.4 Å². The molecule has 0 aliphatic carbocycles. The van der Waals surface area contributed by atoms with E-state index >= 15 is 0 Å². The van der Waals surface area contributed by atoms with Crippen LogP contribution in [0.1, 0.15) is 13.8 Å². The Bertz CT molecular complexity index is 661. The van der Waals surface area contributed by atoms with Gasteiger partial charge in [-0.2, -0.15) is 5.10 Å². The quantitative estimate of drug-likeness (QED) is 0.937. The molecule has 2 heterocycles. The van der Waals surface area contributed by atoms with Crippen molar-refractivity contribution in [1.29, 1.82) is 0 Å². The van der Waals surface area contributed by atoms with Gasteiger partial charge in [0.15, 0.2) is 0 Å². The summed E-state index contributed by atoms with van der Waals surface area (Å²) in [6.45, 7) is 6.79. The second kappa shape index (κ2) is 6.52. The summed E-state index contributed by atoms with van der Waals surface area (Å²) in [5.74, 6) is -0.0167. The van der Waals surface area contributed by atoms with Crippen molar-refractivity contribution in [3.63, 3.8) is 0 Å². The van der Waals surface area contributed by atoms with Gasteiger partial charge in [-0.1, -0.05) is 6.07 Å². The molecule has 3 rings (SSSR count). The maximum atomic E-state index is 12.7. The number of aromatic nitrogens is 2. The van der Waals surface area contributed by atoms with Crippen LogP contribution < -0.4 is 5.32 Å². The maximum Gasteiger partial charge on any atom is 0.244 e. The molecule has 0 bridgehead atoms. The van der Waals surface area contributed by atoms with E-state index in [0.29, 0.717) is 13.2 Å². The standard InChI is InChI=1S/C17H22N4O2/c1-17(2,20-9-11-23-12-10-20)16(22)19-14-5-3-6-15(13-14)21-8-4-7-18-21/h3-8,13H,9-12H2,1-2H3,(H,19,22). The Kier molecular flexibility index (Phi) is 4.45. The summed E-state index contributed by atoms with van der Waals surface area (Å²) in [7, 11) is 0. The second-order valence-corrected chi connectivity index (χ2v) is 6.11.